The number of unbranched alkanes of at least 4 members (excludes halogenated alkanes) is 3. The Hall–Kier alpha value is -2.64. The monoisotopic (exact) mass is 478 g/mol. The van der Waals surface area contributed by atoms with Crippen LogP contribution in [0.2, 0.25) is 0 Å². The molecule has 0 aliphatic heterocycles. The fraction of sp³-hybridized carbons (Fsp3) is 0.346. The van der Waals surface area contributed by atoms with Crippen LogP contribution in [0.4, 0.5) is 0 Å². The molecule has 0 spiro atoms. The van der Waals surface area contributed by atoms with Crippen LogP contribution in [0, 0.1) is 6.92 Å². The van der Waals surface area contributed by atoms with Gasteiger partial charge in [-0.15, -0.1) is 11.8 Å². The van der Waals surface area contributed by atoms with Crippen LogP contribution < -0.4 is 5.56 Å². The Morgan fingerprint density at radius 3 is 2.67 bits per heavy atom. The van der Waals surface area contributed by atoms with Crippen LogP contribution in [0.3, 0.4) is 0 Å². The number of H-pyrrole nitrogens is 1. The molecule has 0 fully saturated rings. The molecule has 0 saturated carbocycles. The minimum atomic E-state index is -0.0802. The summed E-state index contributed by atoms with van der Waals surface area (Å²) in [5, 5.41) is 4.01. The maximum absolute atomic E-state index is 13.5. The Labute approximate surface area is 203 Å². The molecule has 1 N–H and O–H groups in total. The normalized spacial score (nSPS) is 12.0. The number of rotatable bonds is 10. The van der Waals surface area contributed by atoms with Gasteiger partial charge in [0.05, 0.1) is 21.5 Å². The number of para-hydroxylation sites is 1. The third kappa shape index (κ3) is 5.65. The van der Waals surface area contributed by atoms with Crippen molar-refractivity contribution in [3.05, 3.63) is 75.7 Å². The number of aromatic amines is 1. The van der Waals surface area contributed by atoms with Gasteiger partial charge in [0.2, 0.25) is 5.13 Å². The largest absolute Gasteiger partial charge is 0.291 e. The van der Waals surface area contributed by atoms with E-state index in [1.807, 2.05) is 31.2 Å². The molecule has 4 aromatic rings. The minimum absolute atomic E-state index is 0.0802. The van der Waals surface area contributed by atoms with Crippen molar-refractivity contribution in [2.24, 2.45) is 4.99 Å². The lowest BCUT2D eigenvalue weighted by Crippen LogP contribution is -2.19. The molecular weight excluding hydrogens is 448 g/mol. The first-order valence-corrected chi connectivity index (χ1v) is 13.3. The molecular formula is C26H30N4OS2. The Balaban J connectivity index is 1.66. The van der Waals surface area contributed by atoms with Gasteiger partial charge in [-0.3, -0.25) is 14.9 Å². The van der Waals surface area contributed by atoms with Gasteiger partial charge in [0.1, 0.15) is 0 Å². The lowest BCUT2D eigenvalue weighted by molar-refractivity contribution is 0.675. The smallest absolute Gasteiger partial charge is 0.282 e. The molecule has 0 aliphatic rings. The van der Waals surface area contributed by atoms with Crippen LogP contribution in [0.1, 0.15) is 56.4 Å². The number of hydrogen-bond donors (Lipinski definition) is 1. The van der Waals surface area contributed by atoms with Crippen molar-refractivity contribution in [2.45, 2.75) is 57.1 Å². The molecule has 0 radical (unpaired) electrons. The zero-order chi connectivity index (χ0) is 23.2. The van der Waals surface area contributed by atoms with Crippen molar-refractivity contribution in [1.29, 1.82) is 0 Å². The zero-order valence-corrected chi connectivity index (χ0v) is 21.1. The average molecular weight is 479 g/mol. The van der Waals surface area contributed by atoms with Gasteiger partial charge in [0.15, 0.2) is 0 Å². The summed E-state index contributed by atoms with van der Waals surface area (Å²) >= 11 is 3.23. The molecule has 0 unspecified atom stereocenters. The van der Waals surface area contributed by atoms with Gasteiger partial charge in [0.25, 0.3) is 5.56 Å². The molecule has 2 heterocycles. The van der Waals surface area contributed by atoms with Gasteiger partial charge in [-0.2, -0.15) is 4.68 Å². The summed E-state index contributed by atoms with van der Waals surface area (Å²) in [7, 11) is 0. The SMILES string of the molecule is CCCCCCN=C(C)c1c(CSc2ccc(C)cc2)[nH]n(-c2nc3ccccc3s2)c1=O. The summed E-state index contributed by atoms with van der Waals surface area (Å²) < 4.78 is 2.65. The fourth-order valence-corrected chi connectivity index (χ4v) is 5.48. The van der Waals surface area contributed by atoms with Crippen LogP contribution >= 0.6 is 23.1 Å². The minimum Gasteiger partial charge on any atom is -0.291 e. The van der Waals surface area contributed by atoms with E-state index in [-0.39, 0.29) is 5.56 Å². The predicted octanol–water partition coefficient (Wildman–Crippen LogP) is 6.77. The Kier molecular flexibility index (Phi) is 7.83. The van der Waals surface area contributed by atoms with Crippen molar-refractivity contribution in [3.8, 4) is 5.13 Å². The highest BCUT2D eigenvalue weighted by Crippen LogP contribution is 2.26. The van der Waals surface area contributed by atoms with Gasteiger partial charge in [0, 0.05) is 22.9 Å². The molecule has 2 aromatic carbocycles. The van der Waals surface area contributed by atoms with E-state index in [4.69, 9.17) is 4.99 Å². The number of nitrogens with one attached hydrogen (secondary N) is 1. The predicted molar refractivity (Wildman–Crippen MR) is 142 cm³/mol. The van der Waals surface area contributed by atoms with Crippen LogP contribution in [-0.4, -0.2) is 27.0 Å². The van der Waals surface area contributed by atoms with Crippen molar-refractivity contribution in [3.63, 3.8) is 0 Å². The van der Waals surface area contributed by atoms with Crippen LogP contribution in [0.15, 0.2) is 63.2 Å². The number of aliphatic imine (C=N–C) groups is 1. The Bertz CT molecular complexity index is 1270. The zero-order valence-electron chi connectivity index (χ0n) is 19.4. The van der Waals surface area contributed by atoms with Gasteiger partial charge >= 0.3 is 0 Å². The molecule has 5 nitrogen and oxygen atoms in total. The quantitative estimate of drug-likeness (QED) is 0.155. The van der Waals surface area contributed by atoms with Gasteiger partial charge < -0.3 is 0 Å². The Morgan fingerprint density at radius 1 is 1.12 bits per heavy atom. The Morgan fingerprint density at radius 2 is 1.91 bits per heavy atom. The molecule has 0 saturated heterocycles. The van der Waals surface area contributed by atoms with Gasteiger partial charge in [-0.05, 0) is 44.5 Å². The van der Waals surface area contributed by atoms with E-state index < -0.39 is 0 Å². The number of aryl methyl sites for hydroxylation is 1. The molecule has 2 aromatic heterocycles. The molecule has 0 atom stereocenters. The highest BCUT2D eigenvalue weighted by atomic mass is 32.2. The molecule has 7 heteroatoms. The third-order valence-corrected chi connectivity index (χ3v) is 7.63. The topological polar surface area (TPSA) is 63.0 Å². The number of hydrogen-bond acceptors (Lipinski definition) is 5. The van der Waals surface area contributed by atoms with Crippen LogP contribution in [0.5, 0.6) is 0 Å². The highest BCUT2D eigenvalue weighted by molar-refractivity contribution is 7.98. The van der Waals surface area contributed by atoms with Crippen LogP contribution in [-0.2, 0) is 5.75 Å². The molecule has 4 rings (SSSR count). The van der Waals surface area contributed by atoms with E-state index >= 15 is 0 Å². The molecule has 33 heavy (non-hydrogen) atoms. The van der Waals surface area contributed by atoms with Gasteiger partial charge in [-0.1, -0.05) is 67.4 Å². The number of benzene rings is 2. The van der Waals surface area contributed by atoms with E-state index in [9.17, 15) is 4.79 Å². The highest BCUT2D eigenvalue weighted by Gasteiger charge is 2.20. The van der Waals surface area contributed by atoms with Crippen molar-refractivity contribution in [2.75, 3.05) is 6.54 Å². The number of nitrogens with zero attached hydrogens (tertiary/aromatic N) is 3. The van der Waals surface area contributed by atoms with E-state index in [0.717, 1.165) is 34.6 Å². The standard InChI is InChI=1S/C26H30N4OS2/c1-4-5-6-9-16-27-19(3)24-22(17-32-20-14-12-18(2)13-15-20)29-30(25(24)31)26-28-21-10-7-8-11-23(21)33-26/h7-8,10-15,29H,4-6,9,16-17H2,1-3H3. The van der Waals surface area contributed by atoms with Crippen molar-refractivity contribution < 1.29 is 0 Å². The van der Waals surface area contributed by atoms with E-state index in [1.165, 1.54) is 41.1 Å². The molecule has 0 amide bonds. The maximum atomic E-state index is 13.5. The summed E-state index contributed by atoms with van der Waals surface area (Å²) in [4.78, 5) is 24.1. The summed E-state index contributed by atoms with van der Waals surface area (Å²) in [6, 6.07) is 16.4. The average Bonchev–Trinajstić information content (AvgIpc) is 3.39. The number of aromatic nitrogens is 3. The second-order valence-corrected chi connectivity index (χ2v) is 10.3. The first kappa shape index (κ1) is 23.5. The first-order valence-electron chi connectivity index (χ1n) is 11.5. The van der Waals surface area contributed by atoms with Crippen molar-refractivity contribution >= 4 is 39.0 Å². The van der Waals surface area contributed by atoms with Crippen LogP contribution in [0.25, 0.3) is 15.3 Å². The molecule has 0 aliphatic carbocycles. The lowest BCUT2D eigenvalue weighted by Gasteiger charge is -2.04. The maximum Gasteiger partial charge on any atom is 0.282 e. The van der Waals surface area contributed by atoms with Crippen molar-refractivity contribution in [1.82, 2.24) is 14.8 Å². The summed E-state index contributed by atoms with van der Waals surface area (Å²) in [6.45, 7) is 6.99. The van der Waals surface area contributed by atoms with Gasteiger partial charge in [-0.25, -0.2) is 4.98 Å². The van der Waals surface area contributed by atoms with E-state index in [2.05, 4.69) is 48.2 Å². The summed E-state index contributed by atoms with van der Waals surface area (Å²) in [6.07, 6.45) is 4.65. The fourth-order valence-electron chi connectivity index (χ4n) is 3.70. The molecule has 172 valence electrons. The molecule has 0 bridgehead atoms. The first-order chi connectivity index (χ1) is 16.1. The summed E-state index contributed by atoms with van der Waals surface area (Å²) in [5.74, 6) is 0.661. The number of thiazole rings is 1. The summed E-state index contributed by atoms with van der Waals surface area (Å²) in [5.41, 5.74) is 4.42. The lowest BCUT2D eigenvalue weighted by atomic mass is 10.1. The second-order valence-electron chi connectivity index (χ2n) is 8.20. The number of thioether (sulfide) groups is 1. The van der Waals surface area contributed by atoms with E-state index in [1.54, 1.807) is 16.4 Å². The second kappa shape index (κ2) is 11.0. The number of fused-ring (bicyclic) bond motifs is 1. The van der Waals surface area contributed by atoms with E-state index in [0.29, 0.717) is 16.4 Å². The third-order valence-electron chi connectivity index (χ3n) is 5.57.